The summed E-state index contributed by atoms with van der Waals surface area (Å²) in [5.41, 5.74) is 8.78. The van der Waals surface area contributed by atoms with Gasteiger partial charge < -0.3 is 0 Å². The molecule has 0 fully saturated rings. The highest BCUT2D eigenvalue weighted by atomic mass is 14.3. The van der Waals surface area contributed by atoms with Crippen LogP contribution in [0.25, 0.3) is 28.0 Å². The van der Waals surface area contributed by atoms with E-state index in [9.17, 15) is 0 Å². The second-order valence-electron chi connectivity index (χ2n) is 6.84. The largest absolute Gasteiger partial charge is 0.0622 e. The van der Waals surface area contributed by atoms with Crippen molar-refractivity contribution in [3.05, 3.63) is 89.0 Å². The maximum atomic E-state index is 2.42. The number of benzene rings is 3. The quantitative estimate of drug-likeness (QED) is 0.493. The Morgan fingerprint density at radius 1 is 0.625 bits per heavy atom. The highest BCUT2D eigenvalue weighted by Crippen LogP contribution is 2.46. The molecule has 0 heterocycles. The van der Waals surface area contributed by atoms with Crippen LogP contribution in [-0.4, -0.2) is 0 Å². The maximum Gasteiger partial charge on any atom is -0.00325 e. The van der Waals surface area contributed by atoms with Gasteiger partial charge in [-0.25, -0.2) is 0 Å². The van der Waals surface area contributed by atoms with E-state index in [1.807, 2.05) is 0 Å². The predicted molar refractivity (Wildman–Crippen MR) is 104 cm³/mol. The first-order valence-electron chi connectivity index (χ1n) is 8.93. The Balaban J connectivity index is 1.74. The van der Waals surface area contributed by atoms with E-state index in [1.165, 1.54) is 58.7 Å². The zero-order valence-electron chi connectivity index (χ0n) is 13.8. The fraction of sp³-hybridized carbons (Fsp3) is 0.167. The van der Waals surface area contributed by atoms with E-state index < -0.39 is 0 Å². The predicted octanol–water partition coefficient (Wildman–Crippen LogP) is 6.72. The molecule has 0 atom stereocenters. The number of rotatable bonds is 2. The van der Waals surface area contributed by atoms with Crippen molar-refractivity contribution in [2.75, 3.05) is 0 Å². The Hall–Kier alpha value is -2.60. The van der Waals surface area contributed by atoms with Crippen LogP contribution in [0.15, 0.2) is 72.3 Å². The minimum atomic E-state index is 1.19. The molecule has 0 bridgehead atoms. The molecule has 0 spiro atoms. The van der Waals surface area contributed by atoms with Gasteiger partial charge in [0.05, 0.1) is 0 Å². The first-order valence-corrected chi connectivity index (χ1v) is 8.93. The molecule has 24 heavy (non-hydrogen) atoms. The van der Waals surface area contributed by atoms with Gasteiger partial charge in [-0.15, -0.1) is 0 Å². The van der Waals surface area contributed by atoms with Crippen LogP contribution in [0, 0.1) is 0 Å². The minimum Gasteiger partial charge on any atom is -0.0622 e. The van der Waals surface area contributed by atoms with Gasteiger partial charge in [0, 0.05) is 0 Å². The van der Waals surface area contributed by atoms with Crippen molar-refractivity contribution in [2.24, 2.45) is 0 Å². The molecular formula is C24H20. The zero-order chi connectivity index (χ0) is 15.9. The number of hydrogen-bond donors (Lipinski definition) is 0. The summed E-state index contributed by atoms with van der Waals surface area (Å²) in [6, 6.07) is 24.4. The highest BCUT2D eigenvalue weighted by molar-refractivity contribution is 6.14. The second-order valence-corrected chi connectivity index (χ2v) is 6.84. The van der Waals surface area contributed by atoms with E-state index in [1.54, 1.807) is 11.1 Å². The fourth-order valence-corrected chi connectivity index (χ4v) is 4.36. The van der Waals surface area contributed by atoms with E-state index in [2.05, 4.69) is 72.8 Å². The van der Waals surface area contributed by atoms with Gasteiger partial charge in [0.1, 0.15) is 0 Å². The van der Waals surface area contributed by atoms with Gasteiger partial charge in [0.15, 0.2) is 0 Å². The molecule has 2 aliphatic rings. The molecule has 0 saturated heterocycles. The van der Waals surface area contributed by atoms with Crippen molar-refractivity contribution >= 4 is 28.0 Å². The Labute approximate surface area is 143 Å². The molecule has 0 aliphatic heterocycles. The highest BCUT2D eigenvalue weighted by Gasteiger charge is 2.23. The summed E-state index contributed by atoms with van der Waals surface area (Å²) in [5.74, 6) is 0. The molecule has 2 aliphatic carbocycles. The summed E-state index contributed by atoms with van der Waals surface area (Å²) < 4.78 is 0. The summed E-state index contributed by atoms with van der Waals surface area (Å²) in [7, 11) is 0. The van der Waals surface area contributed by atoms with E-state index in [-0.39, 0.29) is 0 Å². The van der Waals surface area contributed by atoms with E-state index in [4.69, 9.17) is 0 Å². The Bertz CT molecular complexity index is 982. The third-order valence-electron chi connectivity index (χ3n) is 5.44. The summed E-state index contributed by atoms with van der Waals surface area (Å²) in [5, 5.41) is 2.79. The molecule has 0 unspecified atom stereocenters. The lowest BCUT2D eigenvalue weighted by Gasteiger charge is -2.22. The van der Waals surface area contributed by atoms with Gasteiger partial charge in [-0.3, -0.25) is 0 Å². The summed E-state index contributed by atoms with van der Waals surface area (Å²) in [6.45, 7) is 0. The third kappa shape index (κ3) is 2.06. The molecule has 0 aromatic heterocycles. The SMILES string of the molecule is C1=C(C2=C(c3ccccc3)CCCC2)c2cccc3cccc1c23. The second kappa shape index (κ2) is 5.49. The van der Waals surface area contributed by atoms with E-state index in [0.29, 0.717) is 0 Å². The first-order chi connectivity index (χ1) is 11.9. The topological polar surface area (TPSA) is 0 Å². The van der Waals surface area contributed by atoms with Crippen molar-refractivity contribution in [3.63, 3.8) is 0 Å². The van der Waals surface area contributed by atoms with Gasteiger partial charge in [0.25, 0.3) is 0 Å². The molecule has 3 aromatic carbocycles. The van der Waals surface area contributed by atoms with Crippen molar-refractivity contribution in [3.8, 4) is 0 Å². The normalized spacial score (nSPS) is 16.6. The Morgan fingerprint density at radius 3 is 2.21 bits per heavy atom. The summed E-state index contributed by atoms with van der Waals surface area (Å²) in [4.78, 5) is 0. The smallest absolute Gasteiger partial charge is 0.00325 e. The average Bonchev–Trinajstić information content (AvgIpc) is 3.03. The number of hydrogen-bond acceptors (Lipinski definition) is 0. The van der Waals surface area contributed by atoms with Gasteiger partial charge in [-0.05, 0) is 75.9 Å². The molecule has 0 saturated carbocycles. The summed E-state index contributed by atoms with van der Waals surface area (Å²) >= 11 is 0. The lowest BCUT2D eigenvalue weighted by molar-refractivity contribution is 0.727. The van der Waals surface area contributed by atoms with Gasteiger partial charge in [-0.2, -0.15) is 0 Å². The van der Waals surface area contributed by atoms with Crippen LogP contribution < -0.4 is 0 Å². The minimum absolute atomic E-state index is 1.19. The van der Waals surface area contributed by atoms with Crippen LogP contribution >= 0.6 is 0 Å². The maximum absolute atomic E-state index is 2.42. The molecule has 116 valence electrons. The molecule has 0 nitrogen and oxygen atoms in total. The lowest BCUT2D eigenvalue weighted by Crippen LogP contribution is -2.01. The van der Waals surface area contributed by atoms with Crippen LogP contribution in [0.3, 0.4) is 0 Å². The van der Waals surface area contributed by atoms with Crippen molar-refractivity contribution in [1.82, 2.24) is 0 Å². The van der Waals surface area contributed by atoms with E-state index >= 15 is 0 Å². The number of allylic oxidation sites excluding steroid dienone is 3. The van der Waals surface area contributed by atoms with E-state index in [0.717, 1.165) is 0 Å². The average molecular weight is 308 g/mol. The van der Waals surface area contributed by atoms with Gasteiger partial charge in [-0.1, -0.05) is 66.7 Å². The van der Waals surface area contributed by atoms with Gasteiger partial charge in [0.2, 0.25) is 0 Å². The van der Waals surface area contributed by atoms with Crippen LogP contribution in [0.5, 0.6) is 0 Å². The lowest BCUT2D eigenvalue weighted by atomic mass is 9.82. The standard InChI is InChI=1S/C24H20/c1-2-8-17(9-3-1)20-13-4-5-14-21(20)23-16-19-12-6-10-18-11-7-15-22(23)24(18)19/h1-3,6-12,15-16H,4-5,13-14H2. The van der Waals surface area contributed by atoms with Crippen LogP contribution in [0.2, 0.25) is 0 Å². The monoisotopic (exact) mass is 308 g/mol. The van der Waals surface area contributed by atoms with Gasteiger partial charge >= 0.3 is 0 Å². The molecule has 0 N–H and O–H groups in total. The molecule has 5 rings (SSSR count). The molecule has 0 radical (unpaired) electrons. The molecule has 3 aromatic rings. The molecule has 0 heteroatoms. The fourth-order valence-electron chi connectivity index (χ4n) is 4.36. The van der Waals surface area contributed by atoms with Crippen molar-refractivity contribution in [2.45, 2.75) is 25.7 Å². The Morgan fingerprint density at radius 2 is 1.38 bits per heavy atom. The van der Waals surface area contributed by atoms with Crippen LogP contribution in [0.1, 0.15) is 42.4 Å². The zero-order valence-corrected chi connectivity index (χ0v) is 13.8. The third-order valence-corrected chi connectivity index (χ3v) is 5.44. The molecule has 0 amide bonds. The van der Waals surface area contributed by atoms with Crippen LogP contribution in [-0.2, 0) is 0 Å². The summed E-state index contributed by atoms with van der Waals surface area (Å²) in [6.07, 6.45) is 7.41. The molecular weight excluding hydrogens is 288 g/mol. The van der Waals surface area contributed by atoms with Crippen molar-refractivity contribution in [1.29, 1.82) is 0 Å². The Kier molecular flexibility index (Phi) is 3.16. The first kappa shape index (κ1) is 13.8. The van der Waals surface area contributed by atoms with Crippen molar-refractivity contribution < 1.29 is 0 Å². The van der Waals surface area contributed by atoms with Crippen LogP contribution in [0.4, 0.5) is 0 Å².